The van der Waals surface area contributed by atoms with Crippen molar-refractivity contribution in [1.82, 2.24) is 9.80 Å². The van der Waals surface area contributed by atoms with Crippen LogP contribution in [0.3, 0.4) is 0 Å². The number of unbranched alkanes of at least 4 members (excludes halogenated alkanes) is 3. The third-order valence-corrected chi connectivity index (χ3v) is 2.83. The zero-order chi connectivity index (χ0) is 9.68. The third-order valence-electron chi connectivity index (χ3n) is 2.83. The number of hydrogen-bond donors (Lipinski definition) is 0. The average molecular weight is 263 g/mol. The Balaban J connectivity index is 0.00000169. The summed E-state index contributed by atoms with van der Waals surface area (Å²) in [6.45, 7) is 5.72. The fraction of sp³-hybridized carbons (Fsp3) is 0.818. The summed E-state index contributed by atoms with van der Waals surface area (Å²) in [4.78, 5) is 4.66. The molecule has 84 valence electrons. The molecule has 0 aliphatic carbocycles. The van der Waals surface area contributed by atoms with Gasteiger partial charge in [0.25, 0.3) is 0 Å². The van der Waals surface area contributed by atoms with Gasteiger partial charge in [-0.2, -0.15) is 0 Å². The highest BCUT2D eigenvalue weighted by molar-refractivity contribution is 8.93. The van der Waals surface area contributed by atoms with E-state index in [1.165, 1.54) is 32.2 Å². The highest BCUT2D eigenvalue weighted by Gasteiger charge is 2.16. The first-order valence-corrected chi connectivity index (χ1v) is 5.41. The molecule has 0 saturated heterocycles. The summed E-state index contributed by atoms with van der Waals surface area (Å²) in [5, 5.41) is 0. The lowest BCUT2D eigenvalue weighted by atomic mass is 10.2. The molecule has 0 radical (unpaired) electrons. The van der Waals surface area contributed by atoms with Crippen LogP contribution in [0.1, 0.15) is 39.5 Å². The van der Waals surface area contributed by atoms with E-state index in [9.17, 15) is 0 Å². The molecule has 0 aromatic rings. The van der Waals surface area contributed by atoms with Crippen molar-refractivity contribution in [2.45, 2.75) is 45.7 Å². The molecule has 1 atom stereocenters. The Morgan fingerprint density at radius 1 is 1.14 bits per heavy atom. The summed E-state index contributed by atoms with van der Waals surface area (Å²) in [5.74, 6) is 0. The van der Waals surface area contributed by atoms with Gasteiger partial charge in [0.1, 0.15) is 0 Å². The van der Waals surface area contributed by atoms with Crippen molar-refractivity contribution in [3.63, 3.8) is 0 Å². The summed E-state index contributed by atoms with van der Waals surface area (Å²) in [6.07, 6.45) is 10.3. The van der Waals surface area contributed by atoms with Gasteiger partial charge >= 0.3 is 0 Å². The van der Waals surface area contributed by atoms with E-state index in [-0.39, 0.29) is 17.0 Å². The second-order valence-electron chi connectivity index (χ2n) is 3.89. The predicted molar refractivity (Wildman–Crippen MR) is 67.5 cm³/mol. The van der Waals surface area contributed by atoms with Gasteiger partial charge in [-0.25, -0.2) is 0 Å². The molecular formula is C11H23BrN2. The zero-order valence-corrected chi connectivity index (χ0v) is 11.3. The van der Waals surface area contributed by atoms with Gasteiger partial charge in [-0.1, -0.05) is 26.2 Å². The fourth-order valence-corrected chi connectivity index (χ4v) is 1.66. The molecule has 0 aromatic heterocycles. The van der Waals surface area contributed by atoms with Crippen molar-refractivity contribution in [1.29, 1.82) is 0 Å². The van der Waals surface area contributed by atoms with Crippen LogP contribution in [0.4, 0.5) is 0 Å². The van der Waals surface area contributed by atoms with Gasteiger partial charge in [0.05, 0.1) is 6.17 Å². The van der Waals surface area contributed by atoms with Crippen LogP contribution in [0, 0.1) is 0 Å². The molecule has 1 aliphatic heterocycles. The van der Waals surface area contributed by atoms with Gasteiger partial charge in [-0.05, 0) is 13.3 Å². The average Bonchev–Trinajstić information content (AvgIpc) is 2.43. The first-order chi connectivity index (χ1) is 6.25. The molecule has 0 spiro atoms. The normalized spacial score (nSPS) is 20.1. The Bertz CT molecular complexity index is 171. The van der Waals surface area contributed by atoms with E-state index in [1.807, 2.05) is 0 Å². The Labute approximate surface area is 98.7 Å². The van der Waals surface area contributed by atoms with Crippen LogP contribution >= 0.6 is 17.0 Å². The quantitative estimate of drug-likeness (QED) is 0.703. The lowest BCUT2D eigenvalue weighted by Crippen LogP contribution is -2.34. The van der Waals surface area contributed by atoms with Crippen LogP contribution in [-0.2, 0) is 0 Å². The van der Waals surface area contributed by atoms with Gasteiger partial charge in [0.2, 0.25) is 0 Å². The Morgan fingerprint density at radius 2 is 1.86 bits per heavy atom. The Hall–Kier alpha value is -0.180. The van der Waals surface area contributed by atoms with E-state index in [0.29, 0.717) is 6.17 Å². The number of nitrogens with zero attached hydrogens (tertiary/aromatic N) is 2. The largest absolute Gasteiger partial charge is 0.359 e. The summed E-state index contributed by atoms with van der Waals surface area (Å²) < 4.78 is 0. The van der Waals surface area contributed by atoms with Crippen molar-refractivity contribution in [3.05, 3.63) is 12.4 Å². The molecule has 1 unspecified atom stereocenters. The van der Waals surface area contributed by atoms with Gasteiger partial charge in [0.15, 0.2) is 0 Å². The number of rotatable bonds is 5. The van der Waals surface area contributed by atoms with Gasteiger partial charge in [-0.15, -0.1) is 17.0 Å². The van der Waals surface area contributed by atoms with Crippen LogP contribution in [-0.4, -0.2) is 29.6 Å². The van der Waals surface area contributed by atoms with Crippen molar-refractivity contribution >= 4 is 17.0 Å². The SMILES string of the molecule is Br.CCCCCCN1C=CN(C)C1C. The van der Waals surface area contributed by atoms with Crippen molar-refractivity contribution in [3.8, 4) is 0 Å². The maximum atomic E-state index is 2.41. The molecule has 1 heterocycles. The van der Waals surface area contributed by atoms with Crippen LogP contribution in [0.15, 0.2) is 12.4 Å². The highest BCUT2D eigenvalue weighted by atomic mass is 79.9. The van der Waals surface area contributed by atoms with Crippen LogP contribution in [0.25, 0.3) is 0 Å². The minimum absolute atomic E-state index is 0. The van der Waals surface area contributed by atoms with Crippen LogP contribution < -0.4 is 0 Å². The predicted octanol–water partition coefficient (Wildman–Crippen LogP) is 3.21. The van der Waals surface area contributed by atoms with E-state index < -0.39 is 0 Å². The molecule has 14 heavy (non-hydrogen) atoms. The highest BCUT2D eigenvalue weighted by Crippen LogP contribution is 2.14. The molecule has 0 aromatic carbocycles. The smallest absolute Gasteiger partial charge is 0.0974 e. The molecule has 0 fully saturated rings. The summed E-state index contributed by atoms with van der Waals surface area (Å²) >= 11 is 0. The molecule has 2 nitrogen and oxygen atoms in total. The molecule has 0 N–H and O–H groups in total. The Morgan fingerprint density at radius 3 is 2.36 bits per heavy atom. The van der Waals surface area contributed by atoms with Crippen molar-refractivity contribution < 1.29 is 0 Å². The number of hydrogen-bond acceptors (Lipinski definition) is 2. The van der Waals surface area contributed by atoms with E-state index in [1.54, 1.807) is 0 Å². The lowest BCUT2D eigenvalue weighted by molar-refractivity contribution is 0.192. The van der Waals surface area contributed by atoms with E-state index in [4.69, 9.17) is 0 Å². The molecule has 3 heteroatoms. The molecule has 0 bridgehead atoms. The first-order valence-electron chi connectivity index (χ1n) is 5.41. The summed E-state index contributed by atoms with van der Waals surface area (Å²) in [6, 6.07) is 0. The van der Waals surface area contributed by atoms with Crippen LogP contribution in [0.5, 0.6) is 0 Å². The van der Waals surface area contributed by atoms with Crippen molar-refractivity contribution in [2.24, 2.45) is 0 Å². The first kappa shape index (κ1) is 13.8. The van der Waals surface area contributed by atoms with E-state index in [2.05, 4.69) is 43.1 Å². The topological polar surface area (TPSA) is 6.48 Å². The molecule has 1 rings (SSSR count). The maximum absolute atomic E-state index is 2.41. The van der Waals surface area contributed by atoms with Gasteiger partial charge < -0.3 is 9.80 Å². The Kier molecular flexibility index (Phi) is 7.06. The monoisotopic (exact) mass is 262 g/mol. The van der Waals surface area contributed by atoms with Gasteiger partial charge in [0, 0.05) is 26.0 Å². The standard InChI is InChI=1S/C11H22N2.BrH/c1-4-5-6-7-8-13-10-9-12(3)11(13)2;/h9-11H,4-8H2,1-3H3;1H. The third kappa shape index (κ3) is 3.91. The second-order valence-corrected chi connectivity index (χ2v) is 3.89. The summed E-state index contributed by atoms with van der Waals surface area (Å²) in [7, 11) is 2.13. The van der Waals surface area contributed by atoms with Crippen molar-refractivity contribution in [2.75, 3.05) is 13.6 Å². The van der Waals surface area contributed by atoms with E-state index >= 15 is 0 Å². The fourth-order valence-electron chi connectivity index (χ4n) is 1.66. The van der Waals surface area contributed by atoms with Gasteiger partial charge in [-0.3, -0.25) is 0 Å². The molecule has 0 amide bonds. The maximum Gasteiger partial charge on any atom is 0.0974 e. The van der Waals surface area contributed by atoms with Crippen LogP contribution in [0.2, 0.25) is 0 Å². The molecule has 0 saturated carbocycles. The second kappa shape index (κ2) is 7.16. The molecular weight excluding hydrogens is 240 g/mol. The minimum Gasteiger partial charge on any atom is -0.359 e. The zero-order valence-electron chi connectivity index (χ0n) is 9.57. The van der Waals surface area contributed by atoms with E-state index in [0.717, 1.165) is 0 Å². The lowest BCUT2D eigenvalue weighted by Gasteiger charge is -2.26. The number of halogens is 1. The summed E-state index contributed by atoms with van der Waals surface area (Å²) in [5.41, 5.74) is 0. The molecule has 1 aliphatic rings. The minimum atomic E-state index is 0.